The Balaban J connectivity index is 1.71. The maximum Gasteiger partial charge on any atom is 0.231 e. The summed E-state index contributed by atoms with van der Waals surface area (Å²) < 4.78 is 0. The molecule has 1 amide bonds. The fourth-order valence-corrected chi connectivity index (χ4v) is 4.20. The van der Waals surface area contributed by atoms with Crippen LogP contribution in [0.3, 0.4) is 0 Å². The van der Waals surface area contributed by atoms with Gasteiger partial charge in [-0.25, -0.2) is 0 Å². The number of amides is 1. The molecular formula is C21H24ClN3O. The van der Waals surface area contributed by atoms with Gasteiger partial charge in [-0.05, 0) is 62.7 Å². The molecule has 4 rings (SSSR count). The van der Waals surface area contributed by atoms with Gasteiger partial charge < -0.3 is 10.2 Å². The van der Waals surface area contributed by atoms with E-state index in [0.717, 1.165) is 48.6 Å². The molecule has 2 aromatic rings. The minimum absolute atomic E-state index is 0.130. The molecule has 0 radical (unpaired) electrons. The summed E-state index contributed by atoms with van der Waals surface area (Å²) in [4.78, 5) is 17.6. The van der Waals surface area contributed by atoms with Crippen molar-refractivity contribution in [1.82, 2.24) is 4.90 Å². The van der Waals surface area contributed by atoms with Crippen molar-refractivity contribution in [2.75, 3.05) is 30.4 Å². The van der Waals surface area contributed by atoms with Crippen molar-refractivity contribution in [1.29, 1.82) is 0 Å². The smallest absolute Gasteiger partial charge is 0.231 e. The molecule has 2 aliphatic rings. The minimum atomic E-state index is 0.130. The van der Waals surface area contributed by atoms with Crippen molar-refractivity contribution in [2.45, 2.75) is 25.8 Å². The lowest BCUT2D eigenvalue weighted by molar-refractivity contribution is -0.119. The Kier molecular flexibility index (Phi) is 4.88. The van der Waals surface area contributed by atoms with Crippen LogP contribution in [0.1, 0.15) is 24.8 Å². The first-order valence-corrected chi connectivity index (χ1v) is 9.63. The van der Waals surface area contributed by atoms with Crippen LogP contribution in [-0.2, 0) is 11.3 Å². The molecule has 0 saturated carbocycles. The van der Waals surface area contributed by atoms with Crippen molar-refractivity contribution in [2.24, 2.45) is 5.92 Å². The van der Waals surface area contributed by atoms with Crippen molar-refractivity contribution in [3.8, 4) is 0 Å². The number of nitrogens with one attached hydrogen (secondary N) is 1. The Labute approximate surface area is 159 Å². The van der Waals surface area contributed by atoms with Gasteiger partial charge in [-0.15, -0.1) is 0 Å². The van der Waals surface area contributed by atoms with Crippen molar-refractivity contribution >= 4 is 34.6 Å². The Morgan fingerprint density at radius 3 is 2.73 bits per heavy atom. The first-order valence-electron chi connectivity index (χ1n) is 9.25. The quantitative estimate of drug-likeness (QED) is 0.836. The fourth-order valence-electron chi connectivity index (χ4n) is 3.94. The fraction of sp³-hybridized carbons (Fsp3) is 0.381. The van der Waals surface area contributed by atoms with Crippen LogP contribution in [0.2, 0.25) is 5.02 Å². The minimum Gasteiger partial charge on any atom is -0.379 e. The summed E-state index contributed by atoms with van der Waals surface area (Å²) in [6.07, 6.45) is 2.71. The topological polar surface area (TPSA) is 35.6 Å². The Hall–Kier alpha value is -2.04. The van der Waals surface area contributed by atoms with Gasteiger partial charge in [-0.2, -0.15) is 0 Å². The maximum atomic E-state index is 13.4. The van der Waals surface area contributed by atoms with Crippen LogP contribution in [-0.4, -0.2) is 30.9 Å². The average Bonchev–Trinajstić information content (AvgIpc) is 2.81. The Morgan fingerprint density at radius 1 is 1.15 bits per heavy atom. The summed E-state index contributed by atoms with van der Waals surface area (Å²) in [5, 5.41) is 4.03. The lowest BCUT2D eigenvalue weighted by Crippen LogP contribution is -2.34. The van der Waals surface area contributed by atoms with Crippen molar-refractivity contribution < 1.29 is 4.79 Å². The van der Waals surface area contributed by atoms with E-state index in [9.17, 15) is 4.79 Å². The van der Waals surface area contributed by atoms with Gasteiger partial charge in [0.1, 0.15) is 0 Å². The molecule has 1 fully saturated rings. The summed E-state index contributed by atoms with van der Waals surface area (Å²) in [6, 6.07) is 13.8. The number of rotatable bonds is 2. The van der Waals surface area contributed by atoms with Crippen molar-refractivity contribution in [3.05, 3.63) is 53.1 Å². The number of piperidine rings is 1. The molecular weight excluding hydrogens is 346 g/mol. The number of carbonyl (C=O) groups is 1. The van der Waals surface area contributed by atoms with E-state index in [1.165, 1.54) is 0 Å². The number of nitrogens with zero attached hydrogens (tertiary/aromatic N) is 2. The van der Waals surface area contributed by atoms with E-state index in [0.29, 0.717) is 23.9 Å². The van der Waals surface area contributed by atoms with E-state index in [1.807, 2.05) is 41.3 Å². The second kappa shape index (κ2) is 7.29. The van der Waals surface area contributed by atoms with Gasteiger partial charge in [0.2, 0.25) is 5.91 Å². The summed E-state index contributed by atoms with van der Waals surface area (Å²) in [7, 11) is 2.14. The lowest BCUT2D eigenvalue weighted by atomic mass is 9.93. The molecule has 1 saturated heterocycles. The van der Waals surface area contributed by atoms with E-state index in [1.54, 1.807) is 0 Å². The first-order chi connectivity index (χ1) is 12.6. The summed E-state index contributed by atoms with van der Waals surface area (Å²) in [5.74, 6) is 0.568. The molecule has 0 aromatic heterocycles. The number of hydrogen-bond acceptors (Lipinski definition) is 3. The molecule has 0 unspecified atom stereocenters. The summed E-state index contributed by atoms with van der Waals surface area (Å²) in [5.41, 5.74) is 3.73. The van der Waals surface area contributed by atoms with E-state index in [2.05, 4.69) is 23.3 Å². The zero-order valence-corrected chi connectivity index (χ0v) is 15.8. The van der Waals surface area contributed by atoms with Gasteiger partial charge in [-0.1, -0.05) is 35.9 Å². The van der Waals surface area contributed by atoms with Gasteiger partial charge in [-0.3, -0.25) is 9.69 Å². The summed E-state index contributed by atoms with van der Waals surface area (Å²) in [6.45, 7) is 2.81. The molecule has 0 atom stereocenters. The summed E-state index contributed by atoms with van der Waals surface area (Å²) >= 11 is 6.54. The Morgan fingerprint density at radius 2 is 1.92 bits per heavy atom. The molecule has 2 aromatic carbocycles. The standard InChI is InChI=1S/C21H24ClN3O/c1-24-11-9-15(10-12-24)13-20(26)25-19-8-3-2-5-16(19)14-23-18-7-4-6-17(22)21(18)25/h2-8,15,23H,9-14H2,1H3. The van der Waals surface area contributed by atoms with Crippen LogP contribution in [0.25, 0.3) is 0 Å². The highest BCUT2D eigenvalue weighted by molar-refractivity contribution is 6.35. The number of para-hydroxylation sites is 2. The highest BCUT2D eigenvalue weighted by atomic mass is 35.5. The molecule has 5 heteroatoms. The lowest BCUT2D eigenvalue weighted by Gasteiger charge is -2.31. The third-order valence-corrected chi connectivity index (χ3v) is 5.77. The van der Waals surface area contributed by atoms with E-state index in [-0.39, 0.29) is 5.91 Å². The molecule has 0 aliphatic carbocycles. The molecule has 2 aliphatic heterocycles. The largest absolute Gasteiger partial charge is 0.379 e. The van der Waals surface area contributed by atoms with Crippen LogP contribution >= 0.6 is 11.6 Å². The molecule has 0 bridgehead atoms. The maximum absolute atomic E-state index is 13.4. The van der Waals surface area contributed by atoms with Gasteiger partial charge in [0.05, 0.1) is 22.1 Å². The van der Waals surface area contributed by atoms with Crippen LogP contribution in [0.15, 0.2) is 42.5 Å². The predicted molar refractivity (Wildman–Crippen MR) is 107 cm³/mol. The van der Waals surface area contributed by atoms with E-state index < -0.39 is 0 Å². The number of hydrogen-bond donors (Lipinski definition) is 1. The molecule has 1 N–H and O–H groups in total. The molecule has 2 heterocycles. The molecule has 26 heavy (non-hydrogen) atoms. The zero-order valence-electron chi connectivity index (χ0n) is 15.0. The highest BCUT2D eigenvalue weighted by Gasteiger charge is 2.30. The van der Waals surface area contributed by atoms with E-state index >= 15 is 0 Å². The van der Waals surface area contributed by atoms with Crippen LogP contribution in [0.5, 0.6) is 0 Å². The third-order valence-electron chi connectivity index (χ3n) is 5.46. The molecule has 136 valence electrons. The van der Waals surface area contributed by atoms with Gasteiger partial charge in [0.15, 0.2) is 0 Å². The predicted octanol–water partition coefficient (Wildman–Crippen LogP) is 4.66. The number of anilines is 3. The second-order valence-electron chi connectivity index (χ2n) is 7.30. The molecule has 4 nitrogen and oxygen atoms in total. The highest BCUT2D eigenvalue weighted by Crippen LogP contribution is 2.43. The van der Waals surface area contributed by atoms with Gasteiger partial charge in [0, 0.05) is 13.0 Å². The zero-order chi connectivity index (χ0) is 18.1. The van der Waals surface area contributed by atoms with Gasteiger partial charge in [0.25, 0.3) is 0 Å². The number of fused-ring (bicyclic) bond motifs is 2. The SMILES string of the molecule is CN1CCC(CC(=O)N2c3ccccc3CNc3cccc(Cl)c32)CC1. The monoisotopic (exact) mass is 369 g/mol. The van der Waals surface area contributed by atoms with Crippen LogP contribution in [0.4, 0.5) is 17.1 Å². The third kappa shape index (κ3) is 3.31. The van der Waals surface area contributed by atoms with E-state index in [4.69, 9.17) is 11.6 Å². The average molecular weight is 370 g/mol. The number of carbonyl (C=O) groups excluding carboxylic acids is 1. The van der Waals surface area contributed by atoms with Crippen molar-refractivity contribution in [3.63, 3.8) is 0 Å². The molecule has 0 spiro atoms. The first kappa shape index (κ1) is 17.4. The van der Waals surface area contributed by atoms with Crippen LogP contribution < -0.4 is 10.2 Å². The normalized spacial score (nSPS) is 17.8. The Bertz CT molecular complexity index is 815. The van der Waals surface area contributed by atoms with Gasteiger partial charge >= 0.3 is 0 Å². The van der Waals surface area contributed by atoms with Crippen LogP contribution in [0, 0.1) is 5.92 Å². The number of halogens is 1. The number of likely N-dealkylation sites (tertiary alicyclic amines) is 1. The number of benzene rings is 2. The second-order valence-corrected chi connectivity index (χ2v) is 7.71.